The number of nitrogens with zero attached hydrogens (tertiary/aromatic N) is 2. The Labute approximate surface area is 139 Å². The van der Waals surface area contributed by atoms with E-state index in [0.29, 0.717) is 6.54 Å². The Morgan fingerprint density at radius 2 is 1.74 bits per heavy atom. The van der Waals surface area contributed by atoms with Gasteiger partial charge in [-0.05, 0) is 31.5 Å². The van der Waals surface area contributed by atoms with E-state index in [-0.39, 0.29) is 17.4 Å². The van der Waals surface area contributed by atoms with E-state index in [0.717, 1.165) is 6.54 Å². The number of amides is 1. The summed E-state index contributed by atoms with van der Waals surface area (Å²) in [6.07, 6.45) is 2.09. The maximum absolute atomic E-state index is 12.7. The molecular formula is C20H28N2O. The third-order valence-corrected chi connectivity index (χ3v) is 3.98. The molecule has 0 aliphatic heterocycles. The highest BCUT2D eigenvalue weighted by atomic mass is 16.2. The SMILES string of the molecule is CC(C)N(Cc1cccn1Cc1ccccc1)C(=O)C(C)(C)C. The summed E-state index contributed by atoms with van der Waals surface area (Å²) < 4.78 is 2.22. The first kappa shape index (κ1) is 17.3. The first-order valence-corrected chi connectivity index (χ1v) is 8.28. The highest BCUT2D eigenvalue weighted by Gasteiger charge is 2.29. The fraction of sp³-hybridized carbons (Fsp3) is 0.450. The van der Waals surface area contributed by atoms with E-state index in [1.165, 1.54) is 11.3 Å². The minimum absolute atomic E-state index is 0.182. The monoisotopic (exact) mass is 312 g/mol. The van der Waals surface area contributed by atoms with Crippen LogP contribution in [0.15, 0.2) is 48.7 Å². The molecule has 0 atom stereocenters. The van der Waals surface area contributed by atoms with Crippen molar-refractivity contribution in [1.82, 2.24) is 9.47 Å². The fourth-order valence-corrected chi connectivity index (χ4v) is 2.62. The van der Waals surface area contributed by atoms with Crippen molar-refractivity contribution in [2.75, 3.05) is 0 Å². The molecular weight excluding hydrogens is 284 g/mol. The van der Waals surface area contributed by atoms with Gasteiger partial charge < -0.3 is 9.47 Å². The summed E-state index contributed by atoms with van der Waals surface area (Å²) in [5, 5.41) is 0. The smallest absolute Gasteiger partial charge is 0.228 e. The lowest BCUT2D eigenvalue weighted by atomic mass is 9.94. The molecule has 1 amide bonds. The zero-order valence-corrected chi connectivity index (χ0v) is 14.9. The number of hydrogen-bond donors (Lipinski definition) is 0. The van der Waals surface area contributed by atoms with Crippen molar-refractivity contribution >= 4 is 5.91 Å². The predicted octanol–water partition coefficient (Wildman–Crippen LogP) is 4.32. The van der Waals surface area contributed by atoms with E-state index in [4.69, 9.17) is 0 Å². The Morgan fingerprint density at radius 1 is 1.09 bits per heavy atom. The van der Waals surface area contributed by atoms with E-state index >= 15 is 0 Å². The lowest BCUT2D eigenvalue weighted by molar-refractivity contribution is -0.142. The van der Waals surface area contributed by atoms with Crippen LogP contribution in [0.25, 0.3) is 0 Å². The fourth-order valence-electron chi connectivity index (χ4n) is 2.62. The van der Waals surface area contributed by atoms with Crippen molar-refractivity contribution in [1.29, 1.82) is 0 Å². The summed E-state index contributed by atoms with van der Waals surface area (Å²) in [6, 6.07) is 14.7. The lowest BCUT2D eigenvalue weighted by Gasteiger charge is -2.33. The Morgan fingerprint density at radius 3 is 2.30 bits per heavy atom. The Kier molecular flexibility index (Phi) is 5.30. The third kappa shape index (κ3) is 4.47. The van der Waals surface area contributed by atoms with Gasteiger partial charge in [0.05, 0.1) is 6.54 Å². The van der Waals surface area contributed by atoms with Crippen molar-refractivity contribution in [3.8, 4) is 0 Å². The number of aromatic nitrogens is 1. The minimum atomic E-state index is -0.360. The Balaban J connectivity index is 2.19. The van der Waals surface area contributed by atoms with Gasteiger partial charge in [-0.2, -0.15) is 0 Å². The van der Waals surface area contributed by atoms with Gasteiger partial charge in [0.15, 0.2) is 0 Å². The van der Waals surface area contributed by atoms with Crippen LogP contribution in [-0.2, 0) is 17.9 Å². The van der Waals surface area contributed by atoms with Gasteiger partial charge in [-0.15, -0.1) is 0 Å². The van der Waals surface area contributed by atoms with Crippen LogP contribution in [-0.4, -0.2) is 21.4 Å². The standard InChI is InChI=1S/C20H28N2O/c1-16(2)22(19(23)20(3,4)5)15-18-12-9-13-21(18)14-17-10-7-6-8-11-17/h6-13,16H,14-15H2,1-5H3. The van der Waals surface area contributed by atoms with Gasteiger partial charge in [0.1, 0.15) is 0 Å². The van der Waals surface area contributed by atoms with E-state index in [9.17, 15) is 4.79 Å². The van der Waals surface area contributed by atoms with Gasteiger partial charge in [-0.3, -0.25) is 4.79 Å². The van der Waals surface area contributed by atoms with Crippen molar-refractivity contribution in [2.45, 2.75) is 53.8 Å². The molecule has 124 valence electrons. The normalized spacial score (nSPS) is 11.7. The molecule has 0 unspecified atom stereocenters. The van der Waals surface area contributed by atoms with Gasteiger partial charge in [0.2, 0.25) is 5.91 Å². The molecule has 0 saturated heterocycles. The van der Waals surface area contributed by atoms with Crippen molar-refractivity contribution in [3.05, 3.63) is 59.9 Å². The summed E-state index contributed by atoms with van der Waals surface area (Å²) in [5.74, 6) is 0.194. The maximum atomic E-state index is 12.7. The molecule has 0 bridgehead atoms. The van der Waals surface area contributed by atoms with Crippen LogP contribution in [0.5, 0.6) is 0 Å². The van der Waals surface area contributed by atoms with E-state index in [1.807, 2.05) is 31.7 Å². The third-order valence-electron chi connectivity index (χ3n) is 3.98. The molecule has 2 aromatic rings. The quantitative estimate of drug-likeness (QED) is 0.807. The van der Waals surface area contributed by atoms with Gasteiger partial charge in [0, 0.05) is 29.9 Å². The zero-order valence-electron chi connectivity index (χ0n) is 14.9. The molecule has 2 rings (SSSR count). The molecule has 0 spiro atoms. The second-order valence-electron chi connectivity index (χ2n) is 7.39. The highest BCUT2D eigenvalue weighted by molar-refractivity contribution is 5.81. The number of rotatable bonds is 5. The Bertz CT molecular complexity index is 635. The first-order valence-electron chi connectivity index (χ1n) is 8.28. The van der Waals surface area contributed by atoms with E-state index in [2.05, 4.69) is 61.0 Å². The van der Waals surface area contributed by atoms with Gasteiger partial charge in [-0.25, -0.2) is 0 Å². The molecule has 0 N–H and O–H groups in total. The van der Waals surface area contributed by atoms with Crippen LogP contribution in [0, 0.1) is 5.41 Å². The number of carbonyl (C=O) groups excluding carboxylic acids is 1. The predicted molar refractivity (Wildman–Crippen MR) is 95.1 cm³/mol. The Hall–Kier alpha value is -2.03. The molecule has 23 heavy (non-hydrogen) atoms. The van der Waals surface area contributed by atoms with E-state index in [1.54, 1.807) is 0 Å². The van der Waals surface area contributed by atoms with Crippen LogP contribution in [0.3, 0.4) is 0 Å². The first-order chi connectivity index (χ1) is 10.8. The van der Waals surface area contributed by atoms with Crippen LogP contribution in [0.4, 0.5) is 0 Å². The molecule has 1 aromatic heterocycles. The van der Waals surface area contributed by atoms with Crippen molar-refractivity contribution in [3.63, 3.8) is 0 Å². The topological polar surface area (TPSA) is 25.2 Å². The number of hydrogen-bond acceptors (Lipinski definition) is 1. The van der Waals surface area contributed by atoms with Crippen LogP contribution < -0.4 is 0 Å². The minimum Gasteiger partial charge on any atom is -0.345 e. The summed E-state index contributed by atoms with van der Waals surface area (Å²) in [4.78, 5) is 14.7. The second kappa shape index (κ2) is 7.03. The van der Waals surface area contributed by atoms with Crippen LogP contribution >= 0.6 is 0 Å². The van der Waals surface area contributed by atoms with Crippen molar-refractivity contribution in [2.24, 2.45) is 5.41 Å². The molecule has 0 fully saturated rings. The van der Waals surface area contributed by atoms with Crippen LogP contribution in [0.2, 0.25) is 0 Å². The van der Waals surface area contributed by atoms with E-state index < -0.39 is 0 Å². The highest BCUT2D eigenvalue weighted by Crippen LogP contribution is 2.21. The molecule has 3 nitrogen and oxygen atoms in total. The molecule has 0 aliphatic carbocycles. The zero-order chi connectivity index (χ0) is 17.0. The van der Waals surface area contributed by atoms with Crippen LogP contribution in [0.1, 0.15) is 45.9 Å². The molecule has 3 heteroatoms. The molecule has 1 aromatic carbocycles. The average molecular weight is 312 g/mol. The van der Waals surface area contributed by atoms with Gasteiger partial charge in [0.25, 0.3) is 0 Å². The summed E-state index contributed by atoms with van der Waals surface area (Å²) >= 11 is 0. The summed E-state index contributed by atoms with van der Waals surface area (Å²) in [5.41, 5.74) is 2.07. The molecule has 0 aliphatic rings. The second-order valence-corrected chi connectivity index (χ2v) is 7.39. The molecule has 1 heterocycles. The summed E-state index contributed by atoms with van der Waals surface area (Å²) in [7, 11) is 0. The van der Waals surface area contributed by atoms with Gasteiger partial charge >= 0.3 is 0 Å². The van der Waals surface area contributed by atoms with Crippen molar-refractivity contribution < 1.29 is 4.79 Å². The average Bonchev–Trinajstić information content (AvgIpc) is 2.91. The largest absolute Gasteiger partial charge is 0.345 e. The number of carbonyl (C=O) groups is 1. The maximum Gasteiger partial charge on any atom is 0.228 e. The molecule has 0 radical (unpaired) electrons. The number of benzene rings is 1. The lowest BCUT2D eigenvalue weighted by Crippen LogP contribution is -2.43. The van der Waals surface area contributed by atoms with Gasteiger partial charge in [-0.1, -0.05) is 51.1 Å². The molecule has 0 saturated carbocycles. The summed E-state index contributed by atoms with van der Waals surface area (Å²) in [6.45, 7) is 11.6.